The summed E-state index contributed by atoms with van der Waals surface area (Å²) in [5, 5.41) is 15.2. The van der Waals surface area contributed by atoms with Crippen LogP contribution in [-0.2, 0) is 4.79 Å². The van der Waals surface area contributed by atoms with E-state index in [0.717, 1.165) is 11.2 Å². The van der Waals surface area contributed by atoms with Gasteiger partial charge in [-0.3, -0.25) is 4.79 Å². The normalized spacial score (nSPS) is 11.3. The topological polar surface area (TPSA) is 108 Å². The van der Waals surface area contributed by atoms with E-state index < -0.39 is 11.6 Å². The SMILES string of the molecule is CC(C)(C)N(CCCC(=O)Nc1ccc(Nc2nc3ccccc3o2)cc1)C(=O)O. The summed E-state index contributed by atoms with van der Waals surface area (Å²) in [5.74, 6) is -0.158. The summed E-state index contributed by atoms with van der Waals surface area (Å²) < 4.78 is 5.63. The van der Waals surface area contributed by atoms with E-state index >= 15 is 0 Å². The van der Waals surface area contributed by atoms with Crippen LogP contribution in [0.1, 0.15) is 33.6 Å². The van der Waals surface area contributed by atoms with Crippen LogP contribution in [-0.4, -0.2) is 39.1 Å². The average molecular weight is 410 g/mol. The van der Waals surface area contributed by atoms with Gasteiger partial charge in [-0.15, -0.1) is 0 Å². The zero-order valence-electron chi connectivity index (χ0n) is 17.3. The molecule has 8 heteroatoms. The van der Waals surface area contributed by atoms with Gasteiger partial charge in [-0.2, -0.15) is 4.98 Å². The summed E-state index contributed by atoms with van der Waals surface area (Å²) in [6.07, 6.45) is -0.292. The lowest BCUT2D eigenvalue weighted by atomic mass is 10.1. The van der Waals surface area contributed by atoms with Gasteiger partial charge in [0.25, 0.3) is 6.01 Å². The zero-order valence-corrected chi connectivity index (χ0v) is 17.3. The predicted molar refractivity (Wildman–Crippen MR) is 116 cm³/mol. The number of amides is 2. The molecule has 0 radical (unpaired) electrons. The molecule has 2 amide bonds. The highest BCUT2D eigenvalue weighted by Gasteiger charge is 2.25. The van der Waals surface area contributed by atoms with Gasteiger partial charge in [0.05, 0.1) is 0 Å². The van der Waals surface area contributed by atoms with Crippen molar-refractivity contribution < 1.29 is 19.1 Å². The average Bonchev–Trinajstić information content (AvgIpc) is 3.07. The number of nitrogens with one attached hydrogen (secondary N) is 2. The molecule has 0 atom stereocenters. The molecule has 3 rings (SSSR count). The summed E-state index contributed by atoms with van der Waals surface area (Å²) in [4.78, 5) is 29.2. The number of benzene rings is 2. The molecule has 8 nitrogen and oxygen atoms in total. The summed E-state index contributed by atoms with van der Waals surface area (Å²) in [6, 6.07) is 15.1. The zero-order chi connectivity index (χ0) is 21.7. The third kappa shape index (κ3) is 5.50. The Morgan fingerprint density at radius 3 is 2.37 bits per heavy atom. The first-order valence-electron chi connectivity index (χ1n) is 9.75. The second-order valence-electron chi connectivity index (χ2n) is 7.95. The van der Waals surface area contributed by atoms with Crippen LogP contribution in [0.5, 0.6) is 0 Å². The fourth-order valence-electron chi connectivity index (χ4n) is 3.03. The molecule has 1 heterocycles. The first kappa shape index (κ1) is 21.2. The van der Waals surface area contributed by atoms with E-state index in [4.69, 9.17) is 4.42 Å². The Morgan fingerprint density at radius 2 is 1.73 bits per heavy atom. The van der Waals surface area contributed by atoms with Crippen molar-refractivity contribution in [3.8, 4) is 0 Å². The summed E-state index contributed by atoms with van der Waals surface area (Å²) in [6.45, 7) is 5.80. The molecule has 0 fully saturated rings. The van der Waals surface area contributed by atoms with Gasteiger partial charge in [0.1, 0.15) is 5.52 Å². The molecule has 0 bridgehead atoms. The fourth-order valence-corrected chi connectivity index (χ4v) is 3.03. The number of aromatic nitrogens is 1. The molecular weight excluding hydrogens is 384 g/mol. The van der Waals surface area contributed by atoms with Crippen molar-refractivity contribution in [1.82, 2.24) is 9.88 Å². The van der Waals surface area contributed by atoms with Crippen LogP contribution in [0.15, 0.2) is 52.9 Å². The number of hydrogen-bond donors (Lipinski definition) is 3. The number of nitrogens with zero attached hydrogens (tertiary/aromatic N) is 2. The van der Waals surface area contributed by atoms with Crippen molar-refractivity contribution in [2.45, 2.75) is 39.2 Å². The van der Waals surface area contributed by atoms with E-state index in [9.17, 15) is 14.7 Å². The molecule has 0 aliphatic heterocycles. The molecule has 0 unspecified atom stereocenters. The summed E-state index contributed by atoms with van der Waals surface area (Å²) >= 11 is 0. The number of carbonyl (C=O) groups excluding carboxylic acids is 1. The molecule has 30 heavy (non-hydrogen) atoms. The largest absolute Gasteiger partial charge is 0.465 e. The van der Waals surface area contributed by atoms with Crippen molar-refractivity contribution >= 4 is 40.5 Å². The van der Waals surface area contributed by atoms with Gasteiger partial charge >= 0.3 is 6.09 Å². The van der Waals surface area contributed by atoms with E-state index in [1.807, 2.05) is 57.2 Å². The van der Waals surface area contributed by atoms with Crippen molar-refractivity contribution in [2.24, 2.45) is 0 Å². The van der Waals surface area contributed by atoms with E-state index in [0.29, 0.717) is 30.3 Å². The predicted octanol–water partition coefficient (Wildman–Crippen LogP) is 5.07. The monoisotopic (exact) mass is 410 g/mol. The standard InChI is InChI=1S/C22H26N4O4/c1-22(2,3)26(21(28)29)14-6-9-19(27)23-15-10-12-16(13-11-15)24-20-25-17-7-4-5-8-18(17)30-20/h4-5,7-8,10-13H,6,9,14H2,1-3H3,(H,23,27)(H,24,25)(H,28,29). The molecule has 0 aliphatic rings. The highest BCUT2D eigenvalue weighted by molar-refractivity contribution is 5.91. The highest BCUT2D eigenvalue weighted by atomic mass is 16.4. The maximum absolute atomic E-state index is 12.2. The van der Waals surface area contributed by atoms with E-state index in [1.54, 1.807) is 12.1 Å². The number of rotatable bonds is 7. The summed E-state index contributed by atoms with van der Waals surface area (Å²) in [7, 11) is 0. The lowest BCUT2D eigenvalue weighted by Gasteiger charge is -2.33. The molecular formula is C22H26N4O4. The Balaban J connectivity index is 1.50. The highest BCUT2D eigenvalue weighted by Crippen LogP contribution is 2.23. The minimum atomic E-state index is -0.982. The summed E-state index contributed by atoms with van der Waals surface area (Å²) in [5.41, 5.74) is 2.42. The Kier molecular flexibility index (Phi) is 6.25. The van der Waals surface area contributed by atoms with Crippen LogP contribution in [0.3, 0.4) is 0 Å². The number of carboxylic acid groups (broad SMARTS) is 1. The maximum atomic E-state index is 12.2. The second kappa shape index (κ2) is 8.86. The number of hydrogen-bond acceptors (Lipinski definition) is 5. The number of carbonyl (C=O) groups is 2. The van der Waals surface area contributed by atoms with E-state index in [1.165, 1.54) is 4.90 Å². The van der Waals surface area contributed by atoms with Crippen LogP contribution >= 0.6 is 0 Å². The number of para-hydroxylation sites is 2. The van der Waals surface area contributed by atoms with Crippen LogP contribution < -0.4 is 10.6 Å². The molecule has 3 aromatic rings. The Bertz CT molecular complexity index is 989. The fraction of sp³-hybridized carbons (Fsp3) is 0.318. The Labute approximate surface area is 174 Å². The molecule has 0 aliphatic carbocycles. The van der Waals surface area contributed by atoms with E-state index in [-0.39, 0.29) is 12.3 Å². The second-order valence-corrected chi connectivity index (χ2v) is 7.95. The maximum Gasteiger partial charge on any atom is 0.407 e. The van der Waals surface area contributed by atoms with Gasteiger partial charge in [0.2, 0.25) is 5.91 Å². The van der Waals surface area contributed by atoms with Crippen molar-refractivity contribution in [2.75, 3.05) is 17.2 Å². The molecule has 158 valence electrons. The lowest BCUT2D eigenvalue weighted by Crippen LogP contribution is -2.45. The smallest absolute Gasteiger partial charge is 0.407 e. The molecule has 1 aromatic heterocycles. The van der Waals surface area contributed by atoms with Crippen LogP contribution in [0.4, 0.5) is 22.2 Å². The Morgan fingerprint density at radius 1 is 1.07 bits per heavy atom. The van der Waals surface area contributed by atoms with Crippen LogP contribution in [0.2, 0.25) is 0 Å². The lowest BCUT2D eigenvalue weighted by molar-refractivity contribution is -0.116. The number of fused-ring (bicyclic) bond motifs is 1. The number of oxazole rings is 1. The third-order valence-corrected chi connectivity index (χ3v) is 4.54. The van der Waals surface area contributed by atoms with Gasteiger partial charge in [0, 0.05) is 29.9 Å². The van der Waals surface area contributed by atoms with E-state index in [2.05, 4.69) is 15.6 Å². The van der Waals surface area contributed by atoms with Gasteiger partial charge in [0.15, 0.2) is 5.58 Å². The van der Waals surface area contributed by atoms with Crippen LogP contribution in [0.25, 0.3) is 11.1 Å². The van der Waals surface area contributed by atoms with Gasteiger partial charge < -0.3 is 25.1 Å². The molecule has 0 saturated heterocycles. The third-order valence-electron chi connectivity index (χ3n) is 4.54. The first-order valence-corrected chi connectivity index (χ1v) is 9.75. The first-order chi connectivity index (χ1) is 14.2. The van der Waals surface area contributed by atoms with Gasteiger partial charge in [-0.1, -0.05) is 12.1 Å². The number of anilines is 3. The molecule has 3 N–H and O–H groups in total. The quantitative estimate of drug-likeness (QED) is 0.502. The Hall–Kier alpha value is -3.55. The van der Waals surface area contributed by atoms with Crippen molar-refractivity contribution in [3.05, 3.63) is 48.5 Å². The molecule has 2 aromatic carbocycles. The van der Waals surface area contributed by atoms with Gasteiger partial charge in [-0.05, 0) is 63.6 Å². The van der Waals surface area contributed by atoms with Crippen molar-refractivity contribution in [3.63, 3.8) is 0 Å². The van der Waals surface area contributed by atoms with Crippen molar-refractivity contribution in [1.29, 1.82) is 0 Å². The van der Waals surface area contributed by atoms with Crippen LogP contribution in [0, 0.1) is 0 Å². The minimum Gasteiger partial charge on any atom is -0.465 e. The minimum absolute atomic E-state index is 0.158. The molecule has 0 spiro atoms. The van der Waals surface area contributed by atoms with Gasteiger partial charge in [-0.25, -0.2) is 4.79 Å². The molecule has 0 saturated carbocycles.